The number of anilines is 1. The van der Waals surface area contributed by atoms with Crippen LogP contribution in [0, 0.1) is 22.7 Å². The van der Waals surface area contributed by atoms with Gasteiger partial charge in [0.2, 0.25) is 5.91 Å². The van der Waals surface area contributed by atoms with Gasteiger partial charge >= 0.3 is 0 Å². The van der Waals surface area contributed by atoms with E-state index in [1.165, 1.54) is 16.6 Å². The summed E-state index contributed by atoms with van der Waals surface area (Å²) in [5.74, 6) is 1.48. The molecular weight excluding hydrogens is 488 g/mol. The van der Waals surface area contributed by atoms with E-state index in [9.17, 15) is 10.1 Å². The van der Waals surface area contributed by atoms with Crippen LogP contribution in [-0.4, -0.2) is 31.0 Å². The lowest BCUT2D eigenvalue weighted by Crippen LogP contribution is -2.28. The molecule has 0 aromatic carbocycles. The van der Waals surface area contributed by atoms with Crippen molar-refractivity contribution in [3.63, 3.8) is 0 Å². The molecule has 0 spiro atoms. The second kappa shape index (κ2) is 11.1. The first-order valence-electron chi connectivity index (χ1n) is 12.4. The molecule has 1 amide bonds. The van der Waals surface area contributed by atoms with Crippen LogP contribution in [0.1, 0.15) is 61.1 Å². The Kier molecular flexibility index (Phi) is 8.06. The Morgan fingerprint density at radius 3 is 2.92 bits per heavy atom. The minimum atomic E-state index is -0.141. The molecule has 1 aliphatic rings. The molecule has 3 heterocycles. The van der Waals surface area contributed by atoms with Crippen molar-refractivity contribution < 1.29 is 4.79 Å². The van der Waals surface area contributed by atoms with E-state index in [1.54, 1.807) is 11.3 Å². The summed E-state index contributed by atoms with van der Waals surface area (Å²) in [5, 5.41) is 22.9. The molecule has 0 aliphatic heterocycles. The summed E-state index contributed by atoms with van der Waals surface area (Å²) in [7, 11) is 2.01. The lowest BCUT2D eigenvalue weighted by Gasteiger charge is -2.36. The molecular formula is C27H34N6OS2. The molecule has 0 saturated carbocycles. The quantitative estimate of drug-likeness (QED) is 0.277. The molecule has 0 radical (unpaired) electrons. The van der Waals surface area contributed by atoms with Crippen molar-refractivity contribution in [3.05, 3.63) is 58.5 Å². The minimum absolute atomic E-state index is 0.141. The van der Waals surface area contributed by atoms with Crippen molar-refractivity contribution in [3.8, 4) is 6.07 Å². The third kappa shape index (κ3) is 5.45. The summed E-state index contributed by atoms with van der Waals surface area (Å²) < 4.78 is 4.06. The van der Waals surface area contributed by atoms with Gasteiger partial charge in [-0.1, -0.05) is 45.0 Å². The zero-order valence-corrected chi connectivity index (χ0v) is 23.1. The summed E-state index contributed by atoms with van der Waals surface area (Å²) in [5.41, 5.74) is 3.18. The summed E-state index contributed by atoms with van der Waals surface area (Å²) in [6.07, 6.45) is 8.58. The fourth-order valence-corrected chi connectivity index (χ4v) is 6.81. The monoisotopic (exact) mass is 522 g/mol. The van der Waals surface area contributed by atoms with Crippen molar-refractivity contribution in [1.82, 2.24) is 19.3 Å². The number of thioether (sulfide) groups is 1. The van der Waals surface area contributed by atoms with Gasteiger partial charge in [-0.05, 0) is 48.3 Å². The van der Waals surface area contributed by atoms with E-state index in [2.05, 4.69) is 59.6 Å². The standard InChI is InChI=1S/C27H34N6OS2/c1-6-12-33-23(15-19-9-8-13-32(19)5)30-31-26(33)35-17-24(34)29-25-21(16-28)20-11-10-18(14-22(20)36-25)27(3,4)7-2/h6,8-9,13,18H,1,7,10-12,14-15,17H2,2-5H3,(H,29,34). The van der Waals surface area contributed by atoms with Crippen LogP contribution >= 0.6 is 23.1 Å². The Morgan fingerprint density at radius 1 is 1.44 bits per heavy atom. The summed E-state index contributed by atoms with van der Waals surface area (Å²) in [6, 6.07) is 6.42. The van der Waals surface area contributed by atoms with Crippen LogP contribution in [0.3, 0.4) is 0 Å². The number of hydrogen-bond donors (Lipinski definition) is 1. The molecule has 1 atom stereocenters. The SMILES string of the molecule is C=CCn1c(Cc2cccn2C)nnc1SCC(=O)Nc1sc2c(c1C#N)CCC(C(C)(C)CC)C2. The Labute approximate surface area is 221 Å². The van der Waals surface area contributed by atoms with Crippen LogP contribution < -0.4 is 5.32 Å². The first kappa shape index (κ1) is 26.2. The predicted octanol–water partition coefficient (Wildman–Crippen LogP) is 5.60. The van der Waals surface area contributed by atoms with Gasteiger partial charge in [-0.15, -0.1) is 28.1 Å². The van der Waals surface area contributed by atoms with Crippen LogP contribution in [0.5, 0.6) is 0 Å². The number of aryl methyl sites for hydroxylation is 1. The molecule has 1 N–H and O–H groups in total. The third-order valence-electron chi connectivity index (χ3n) is 7.47. The van der Waals surface area contributed by atoms with Gasteiger partial charge < -0.3 is 14.5 Å². The average molecular weight is 523 g/mol. The number of rotatable bonds is 10. The van der Waals surface area contributed by atoms with Gasteiger partial charge in [-0.2, -0.15) is 5.26 Å². The zero-order valence-electron chi connectivity index (χ0n) is 21.5. The van der Waals surface area contributed by atoms with Gasteiger partial charge in [0.05, 0.1) is 11.3 Å². The first-order chi connectivity index (χ1) is 17.3. The van der Waals surface area contributed by atoms with Crippen LogP contribution in [0.25, 0.3) is 0 Å². The smallest absolute Gasteiger partial charge is 0.235 e. The average Bonchev–Trinajstić information content (AvgIpc) is 3.54. The molecule has 3 aromatic heterocycles. The highest BCUT2D eigenvalue weighted by Crippen LogP contribution is 2.45. The van der Waals surface area contributed by atoms with Gasteiger partial charge in [0.25, 0.3) is 0 Å². The van der Waals surface area contributed by atoms with Gasteiger partial charge in [-0.25, -0.2) is 0 Å². The normalized spacial score (nSPS) is 15.4. The number of amides is 1. The Bertz CT molecular complexity index is 1290. The molecule has 190 valence electrons. The van der Waals surface area contributed by atoms with Crippen molar-refractivity contribution in [1.29, 1.82) is 5.26 Å². The molecule has 0 saturated heterocycles. The minimum Gasteiger partial charge on any atom is -0.354 e. The molecule has 1 unspecified atom stereocenters. The topological polar surface area (TPSA) is 88.5 Å². The van der Waals surface area contributed by atoms with E-state index in [1.807, 2.05) is 30.0 Å². The summed E-state index contributed by atoms with van der Waals surface area (Å²) in [4.78, 5) is 14.2. The number of nitrogens with one attached hydrogen (secondary N) is 1. The van der Waals surface area contributed by atoms with Gasteiger partial charge in [0, 0.05) is 36.8 Å². The maximum Gasteiger partial charge on any atom is 0.235 e. The summed E-state index contributed by atoms with van der Waals surface area (Å²) >= 11 is 2.92. The largest absolute Gasteiger partial charge is 0.354 e. The van der Waals surface area contributed by atoms with Crippen LogP contribution in [0.15, 0.2) is 36.1 Å². The maximum atomic E-state index is 12.9. The van der Waals surface area contributed by atoms with E-state index >= 15 is 0 Å². The Hall–Kier alpha value is -2.83. The number of carbonyl (C=O) groups excluding carboxylic acids is 1. The third-order valence-corrected chi connectivity index (χ3v) is 9.61. The van der Waals surface area contributed by atoms with E-state index in [0.29, 0.717) is 34.6 Å². The fraction of sp³-hybridized carbons (Fsp3) is 0.481. The number of aromatic nitrogens is 4. The lowest BCUT2D eigenvalue weighted by atomic mass is 9.69. The molecule has 9 heteroatoms. The van der Waals surface area contributed by atoms with Gasteiger partial charge in [0.1, 0.15) is 16.9 Å². The molecule has 0 bridgehead atoms. The maximum absolute atomic E-state index is 12.9. The number of fused-ring (bicyclic) bond motifs is 1. The number of hydrogen-bond acceptors (Lipinski definition) is 6. The van der Waals surface area contributed by atoms with E-state index in [4.69, 9.17) is 0 Å². The zero-order chi connectivity index (χ0) is 25.9. The first-order valence-corrected chi connectivity index (χ1v) is 14.2. The number of nitriles is 1. The lowest BCUT2D eigenvalue weighted by molar-refractivity contribution is -0.113. The highest BCUT2D eigenvalue weighted by molar-refractivity contribution is 7.99. The second-order valence-electron chi connectivity index (χ2n) is 10.0. The van der Waals surface area contributed by atoms with Crippen molar-refractivity contribution in [2.24, 2.45) is 18.4 Å². The summed E-state index contributed by atoms with van der Waals surface area (Å²) in [6.45, 7) is 11.3. The number of carbonyl (C=O) groups is 1. The van der Waals surface area contributed by atoms with E-state index < -0.39 is 0 Å². The molecule has 36 heavy (non-hydrogen) atoms. The second-order valence-corrected chi connectivity index (χ2v) is 12.1. The molecule has 0 fully saturated rings. The number of allylic oxidation sites excluding steroid dienone is 1. The highest BCUT2D eigenvalue weighted by atomic mass is 32.2. The van der Waals surface area contributed by atoms with Crippen LogP contribution in [-0.2, 0) is 37.6 Å². The van der Waals surface area contributed by atoms with Gasteiger partial charge in [0.15, 0.2) is 5.16 Å². The van der Waals surface area contributed by atoms with Crippen LogP contribution in [0.2, 0.25) is 0 Å². The van der Waals surface area contributed by atoms with E-state index in [0.717, 1.165) is 42.8 Å². The van der Waals surface area contributed by atoms with Gasteiger partial charge in [-0.3, -0.25) is 4.79 Å². The van der Waals surface area contributed by atoms with Crippen molar-refractivity contribution in [2.45, 2.75) is 64.6 Å². The Balaban J connectivity index is 1.44. The number of nitrogens with zero attached hydrogens (tertiary/aromatic N) is 5. The highest BCUT2D eigenvalue weighted by Gasteiger charge is 2.34. The number of thiophene rings is 1. The predicted molar refractivity (Wildman–Crippen MR) is 146 cm³/mol. The molecule has 3 aromatic rings. The molecule has 7 nitrogen and oxygen atoms in total. The van der Waals surface area contributed by atoms with Crippen molar-refractivity contribution in [2.75, 3.05) is 11.1 Å². The van der Waals surface area contributed by atoms with Crippen LogP contribution in [0.4, 0.5) is 5.00 Å². The Morgan fingerprint density at radius 2 is 2.25 bits per heavy atom. The molecule has 1 aliphatic carbocycles. The van der Waals surface area contributed by atoms with Crippen molar-refractivity contribution >= 4 is 34.0 Å². The van der Waals surface area contributed by atoms with E-state index in [-0.39, 0.29) is 17.1 Å². The fourth-order valence-electron chi connectivity index (χ4n) is 4.75. The molecule has 4 rings (SSSR count).